The molecule has 1 unspecified atom stereocenters. The van der Waals surface area contributed by atoms with E-state index in [1.807, 2.05) is 0 Å². The topological polar surface area (TPSA) is 12.0 Å². The summed E-state index contributed by atoms with van der Waals surface area (Å²) in [5, 5.41) is 3.66. The summed E-state index contributed by atoms with van der Waals surface area (Å²) in [4.78, 5) is 0. The Kier molecular flexibility index (Phi) is 4.45. The fraction of sp³-hybridized carbons (Fsp3) is 0.867. The lowest BCUT2D eigenvalue weighted by Gasteiger charge is -2.27. The average Bonchev–Trinajstić information content (AvgIpc) is 2.31. The van der Waals surface area contributed by atoms with E-state index >= 15 is 0 Å². The Morgan fingerprint density at radius 3 is 2.56 bits per heavy atom. The van der Waals surface area contributed by atoms with Crippen molar-refractivity contribution in [1.82, 2.24) is 5.32 Å². The minimum atomic E-state index is 0.778. The lowest BCUT2D eigenvalue weighted by atomic mass is 9.83. The number of rotatable bonds is 2. The minimum Gasteiger partial charge on any atom is -0.314 e. The second-order valence-corrected chi connectivity index (χ2v) is 5.92. The molecule has 1 heterocycles. The van der Waals surface area contributed by atoms with Crippen LogP contribution in [0.15, 0.2) is 11.1 Å². The molecule has 2 aliphatic rings. The van der Waals surface area contributed by atoms with Crippen LogP contribution in [0.1, 0.15) is 65.2 Å². The molecule has 0 aromatic carbocycles. The van der Waals surface area contributed by atoms with Crippen molar-refractivity contribution in [3.63, 3.8) is 0 Å². The normalized spacial score (nSPS) is 31.5. The van der Waals surface area contributed by atoms with Crippen LogP contribution in [0.25, 0.3) is 0 Å². The van der Waals surface area contributed by atoms with Gasteiger partial charge in [0.15, 0.2) is 0 Å². The van der Waals surface area contributed by atoms with Gasteiger partial charge in [0.05, 0.1) is 0 Å². The molecule has 1 aliphatic heterocycles. The molecule has 1 nitrogen and oxygen atoms in total. The van der Waals surface area contributed by atoms with Crippen molar-refractivity contribution in [2.24, 2.45) is 5.92 Å². The van der Waals surface area contributed by atoms with E-state index < -0.39 is 0 Å². The summed E-state index contributed by atoms with van der Waals surface area (Å²) in [5.41, 5.74) is 3.48. The first-order valence-electron chi connectivity index (χ1n) is 7.16. The van der Waals surface area contributed by atoms with Crippen molar-refractivity contribution >= 4 is 0 Å². The highest BCUT2D eigenvalue weighted by Crippen LogP contribution is 2.31. The van der Waals surface area contributed by atoms with Gasteiger partial charge in [-0.3, -0.25) is 0 Å². The number of nitrogens with one attached hydrogen (secondary N) is 1. The summed E-state index contributed by atoms with van der Waals surface area (Å²) < 4.78 is 0. The zero-order valence-corrected chi connectivity index (χ0v) is 11.0. The lowest BCUT2D eigenvalue weighted by molar-refractivity contribution is 0.393. The zero-order chi connectivity index (χ0) is 11.4. The van der Waals surface area contributed by atoms with Crippen LogP contribution in [0.4, 0.5) is 0 Å². The zero-order valence-electron chi connectivity index (χ0n) is 11.0. The van der Waals surface area contributed by atoms with E-state index in [2.05, 4.69) is 19.2 Å². The van der Waals surface area contributed by atoms with E-state index in [0.29, 0.717) is 0 Å². The first-order chi connectivity index (χ1) is 7.75. The summed E-state index contributed by atoms with van der Waals surface area (Å²) in [6, 6.07) is 0.778. The Labute approximate surface area is 101 Å². The molecule has 1 N–H and O–H groups in total. The average molecular weight is 221 g/mol. The molecule has 1 saturated heterocycles. The standard InChI is InChI=1S/C15H27N/c1-12-6-8-14(9-7-12)13(2)11-15-5-3-4-10-16-15/h12,15-16H,3-11H2,1-2H3. The highest BCUT2D eigenvalue weighted by Gasteiger charge is 2.17. The van der Waals surface area contributed by atoms with Crippen molar-refractivity contribution in [2.45, 2.75) is 71.3 Å². The van der Waals surface area contributed by atoms with Crippen LogP contribution >= 0.6 is 0 Å². The third kappa shape index (κ3) is 3.35. The van der Waals surface area contributed by atoms with Crippen molar-refractivity contribution < 1.29 is 0 Å². The molecule has 16 heavy (non-hydrogen) atoms. The van der Waals surface area contributed by atoms with Gasteiger partial charge in [-0.1, -0.05) is 24.5 Å². The number of hydrogen-bond acceptors (Lipinski definition) is 1. The van der Waals surface area contributed by atoms with E-state index in [4.69, 9.17) is 0 Å². The van der Waals surface area contributed by atoms with Gasteiger partial charge in [0, 0.05) is 6.04 Å². The van der Waals surface area contributed by atoms with Crippen LogP contribution in [0.5, 0.6) is 0 Å². The smallest absolute Gasteiger partial charge is 0.0104 e. The van der Waals surface area contributed by atoms with Crippen molar-refractivity contribution in [3.8, 4) is 0 Å². The molecule has 2 fully saturated rings. The molecule has 92 valence electrons. The van der Waals surface area contributed by atoms with E-state index in [9.17, 15) is 0 Å². The SMILES string of the molecule is CC(CC1CCCCN1)=C1CCC(C)CC1. The van der Waals surface area contributed by atoms with Crippen molar-refractivity contribution in [3.05, 3.63) is 11.1 Å². The van der Waals surface area contributed by atoms with Crippen LogP contribution in [-0.2, 0) is 0 Å². The van der Waals surface area contributed by atoms with Crippen LogP contribution in [0.2, 0.25) is 0 Å². The van der Waals surface area contributed by atoms with Gasteiger partial charge < -0.3 is 5.32 Å². The maximum Gasteiger partial charge on any atom is 0.0104 e. The Morgan fingerprint density at radius 2 is 1.94 bits per heavy atom. The number of piperidine rings is 1. The van der Waals surface area contributed by atoms with Gasteiger partial charge in [0.1, 0.15) is 0 Å². The molecule has 0 amide bonds. The van der Waals surface area contributed by atoms with Gasteiger partial charge in [-0.25, -0.2) is 0 Å². The monoisotopic (exact) mass is 221 g/mol. The van der Waals surface area contributed by atoms with Gasteiger partial charge in [-0.15, -0.1) is 0 Å². The van der Waals surface area contributed by atoms with Gasteiger partial charge >= 0.3 is 0 Å². The molecular formula is C15H27N. The molecule has 0 spiro atoms. The first-order valence-corrected chi connectivity index (χ1v) is 7.16. The third-order valence-electron chi connectivity index (χ3n) is 4.45. The number of hydrogen-bond donors (Lipinski definition) is 1. The Hall–Kier alpha value is -0.300. The van der Waals surface area contributed by atoms with Crippen molar-refractivity contribution in [2.75, 3.05) is 6.54 Å². The predicted molar refractivity (Wildman–Crippen MR) is 70.6 cm³/mol. The minimum absolute atomic E-state index is 0.778. The maximum absolute atomic E-state index is 3.66. The number of allylic oxidation sites excluding steroid dienone is 1. The highest BCUT2D eigenvalue weighted by molar-refractivity contribution is 5.15. The largest absolute Gasteiger partial charge is 0.314 e. The fourth-order valence-electron chi connectivity index (χ4n) is 3.15. The predicted octanol–water partition coefficient (Wildman–Crippen LogP) is 4.05. The van der Waals surface area contributed by atoms with Gasteiger partial charge in [0.25, 0.3) is 0 Å². The van der Waals surface area contributed by atoms with Crippen molar-refractivity contribution in [1.29, 1.82) is 0 Å². The molecule has 1 saturated carbocycles. The molecule has 0 radical (unpaired) electrons. The van der Waals surface area contributed by atoms with Crippen LogP contribution < -0.4 is 5.32 Å². The molecule has 1 atom stereocenters. The fourth-order valence-corrected chi connectivity index (χ4v) is 3.15. The quantitative estimate of drug-likeness (QED) is 0.694. The summed E-state index contributed by atoms with van der Waals surface area (Å²) >= 11 is 0. The molecule has 0 bridgehead atoms. The van der Waals surface area contributed by atoms with Gasteiger partial charge in [0.2, 0.25) is 0 Å². The highest BCUT2D eigenvalue weighted by atomic mass is 14.9. The molecule has 2 rings (SSSR count). The Balaban J connectivity index is 1.85. The Bertz CT molecular complexity index is 238. The van der Waals surface area contributed by atoms with E-state index in [1.165, 1.54) is 57.9 Å². The van der Waals surface area contributed by atoms with E-state index in [1.54, 1.807) is 11.1 Å². The summed E-state index contributed by atoms with van der Waals surface area (Å²) in [7, 11) is 0. The van der Waals surface area contributed by atoms with Gasteiger partial charge in [-0.2, -0.15) is 0 Å². The second-order valence-electron chi connectivity index (χ2n) is 5.92. The third-order valence-corrected chi connectivity index (χ3v) is 4.45. The van der Waals surface area contributed by atoms with E-state index in [-0.39, 0.29) is 0 Å². The van der Waals surface area contributed by atoms with Crippen LogP contribution in [0, 0.1) is 5.92 Å². The summed E-state index contributed by atoms with van der Waals surface area (Å²) in [6.45, 7) is 6.01. The molecule has 1 aliphatic carbocycles. The molecule has 1 heteroatoms. The van der Waals surface area contributed by atoms with E-state index in [0.717, 1.165) is 12.0 Å². The Morgan fingerprint density at radius 1 is 1.19 bits per heavy atom. The lowest BCUT2D eigenvalue weighted by Crippen LogP contribution is -2.34. The molecule has 0 aromatic rings. The molecular weight excluding hydrogens is 194 g/mol. The first kappa shape index (κ1) is 12.2. The van der Waals surface area contributed by atoms with Gasteiger partial charge in [-0.05, 0) is 64.3 Å². The maximum atomic E-state index is 3.66. The summed E-state index contributed by atoms with van der Waals surface area (Å²) in [6.07, 6.45) is 11.1. The summed E-state index contributed by atoms with van der Waals surface area (Å²) in [5.74, 6) is 0.962. The van der Waals surface area contributed by atoms with Crippen LogP contribution in [0.3, 0.4) is 0 Å². The molecule has 0 aromatic heterocycles. The van der Waals surface area contributed by atoms with Crippen LogP contribution in [-0.4, -0.2) is 12.6 Å². The second kappa shape index (κ2) is 5.86.